The molecule has 0 fully saturated rings. The molecule has 0 bridgehead atoms. The highest BCUT2D eigenvalue weighted by Crippen LogP contribution is 2.20. The van der Waals surface area contributed by atoms with Crippen LogP contribution in [0.3, 0.4) is 0 Å². The van der Waals surface area contributed by atoms with Crippen LogP contribution < -0.4 is 5.48 Å². The molecule has 0 unspecified atom stereocenters. The topological polar surface area (TPSA) is 104 Å². The molecule has 9 heteroatoms. The van der Waals surface area contributed by atoms with E-state index in [4.69, 9.17) is 10.2 Å². The van der Waals surface area contributed by atoms with Gasteiger partial charge in [0.05, 0.1) is 12.3 Å². The number of alkyl halides is 2. The number of aliphatic carboxylic acids is 1. The van der Waals surface area contributed by atoms with Crippen LogP contribution in [-0.2, 0) is 9.63 Å². The molecule has 7 nitrogen and oxygen atoms in total. The molecule has 0 heterocycles. The van der Waals surface area contributed by atoms with Crippen LogP contribution in [0, 0.1) is 0 Å². The number of benzene rings is 1. The van der Waals surface area contributed by atoms with Gasteiger partial charge in [-0.3, -0.25) is 4.79 Å². The highest BCUT2D eigenvalue weighted by atomic mass is 19.3. The zero-order chi connectivity index (χ0) is 17.2. The number of aliphatic hydroxyl groups excluding tert-OH is 1. The Morgan fingerprint density at radius 3 is 2.52 bits per heavy atom. The number of aliphatic hydroxyl groups is 1. The van der Waals surface area contributed by atoms with E-state index in [1.54, 1.807) is 0 Å². The van der Waals surface area contributed by atoms with Gasteiger partial charge in [-0.1, -0.05) is 19.1 Å². The van der Waals surface area contributed by atoms with Crippen molar-refractivity contribution in [3.63, 3.8) is 0 Å². The number of guanidine groups is 1. The van der Waals surface area contributed by atoms with Crippen LogP contribution in [0.25, 0.3) is 0 Å². The molecule has 0 amide bonds. The number of aliphatic imine (C=N–C) groups is 2. The van der Waals surface area contributed by atoms with Crippen LogP contribution in [0.4, 0.5) is 14.5 Å². The van der Waals surface area contributed by atoms with Crippen molar-refractivity contribution < 1.29 is 28.6 Å². The largest absolute Gasteiger partial charge is 0.481 e. The van der Waals surface area contributed by atoms with Gasteiger partial charge in [-0.2, -0.15) is 8.78 Å². The maximum absolute atomic E-state index is 12.0. The maximum Gasteiger partial charge on any atom is 0.364 e. The number of carbonyl (C=O) groups is 1. The normalized spacial score (nSPS) is 13.5. The van der Waals surface area contributed by atoms with E-state index in [0.717, 1.165) is 0 Å². The predicted molar refractivity (Wildman–Crippen MR) is 80.0 cm³/mol. The molecule has 1 aromatic rings. The Morgan fingerprint density at radius 1 is 1.39 bits per heavy atom. The zero-order valence-electron chi connectivity index (χ0n) is 12.3. The van der Waals surface area contributed by atoms with Crippen molar-refractivity contribution in [2.75, 3.05) is 6.61 Å². The molecule has 1 rings (SSSR count). The average molecular weight is 329 g/mol. The van der Waals surface area contributed by atoms with Crippen LogP contribution >= 0.6 is 0 Å². The van der Waals surface area contributed by atoms with Crippen LogP contribution in [-0.4, -0.2) is 41.6 Å². The van der Waals surface area contributed by atoms with Gasteiger partial charge in [0.15, 0.2) is 0 Å². The van der Waals surface area contributed by atoms with E-state index in [9.17, 15) is 13.6 Å². The number of hydroxylamine groups is 1. The number of hydrogen-bond acceptors (Lipinski definition) is 4. The molecule has 126 valence electrons. The molecule has 1 aromatic carbocycles. The summed E-state index contributed by atoms with van der Waals surface area (Å²) in [6, 6.07) is 5.91. The molecule has 0 aliphatic rings. The quantitative estimate of drug-likeness (QED) is 0.403. The summed E-state index contributed by atoms with van der Waals surface area (Å²) in [6.07, 6.45) is 2.03. The Morgan fingerprint density at radius 2 is 2.04 bits per heavy atom. The van der Waals surface area contributed by atoms with E-state index in [2.05, 4.69) is 14.8 Å². The van der Waals surface area contributed by atoms with Gasteiger partial charge in [0.1, 0.15) is 5.92 Å². The smallest absolute Gasteiger partial charge is 0.364 e. The molecule has 0 saturated carbocycles. The minimum absolute atomic E-state index is 0.170. The van der Waals surface area contributed by atoms with Crippen LogP contribution in [0.15, 0.2) is 34.3 Å². The molecule has 0 aromatic heterocycles. The lowest BCUT2D eigenvalue weighted by atomic mass is 10.0. The van der Waals surface area contributed by atoms with Crippen molar-refractivity contribution in [2.45, 2.75) is 25.9 Å². The first kappa shape index (κ1) is 18.7. The fourth-order valence-electron chi connectivity index (χ4n) is 1.58. The highest BCUT2D eigenvalue weighted by Gasteiger charge is 2.18. The van der Waals surface area contributed by atoms with Crippen LogP contribution in [0.1, 0.15) is 24.8 Å². The number of nitrogens with one attached hydrogen (secondary N) is 1. The monoisotopic (exact) mass is 329 g/mol. The number of halogens is 2. The Bertz CT molecular complexity index is 562. The minimum Gasteiger partial charge on any atom is -0.481 e. The molecule has 0 aliphatic carbocycles. The molecule has 0 saturated heterocycles. The number of nitrogens with zero attached hydrogens (tertiary/aromatic N) is 2. The summed E-state index contributed by atoms with van der Waals surface area (Å²) in [5.41, 5.74) is 2.69. The minimum atomic E-state index is -3.03. The third-order valence-electron chi connectivity index (χ3n) is 2.65. The van der Waals surface area contributed by atoms with Crippen molar-refractivity contribution in [2.24, 2.45) is 9.98 Å². The first-order chi connectivity index (χ1) is 11.0. The number of rotatable bonds is 7. The van der Waals surface area contributed by atoms with Crippen molar-refractivity contribution in [1.82, 2.24) is 5.48 Å². The van der Waals surface area contributed by atoms with E-state index >= 15 is 0 Å². The second kappa shape index (κ2) is 9.59. The third kappa shape index (κ3) is 6.49. The molecule has 0 spiro atoms. The lowest BCUT2D eigenvalue weighted by Gasteiger charge is -2.09. The predicted octanol–water partition coefficient (Wildman–Crippen LogP) is 2.06. The van der Waals surface area contributed by atoms with E-state index in [1.807, 2.05) is 12.4 Å². The van der Waals surface area contributed by atoms with Crippen molar-refractivity contribution in [3.05, 3.63) is 29.8 Å². The van der Waals surface area contributed by atoms with E-state index in [0.29, 0.717) is 17.7 Å². The summed E-state index contributed by atoms with van der Waals surface area (Å²) >= 11 is 0. The fraction of sp³-hybridized carbons (Fsp3) is 0.357. The van der Waals surface area contributed by atoms with Gasteiger partial charge in [-0.05, 0) is 24.1 Å². The van der Waals surface area contributed by atoms with Crippen LogP contribution in [0.2, 0.25) is 0 Å². The fourth-order valence-corrected chi connectivity index (χ4v) is 1.58. The van der Waals surface area contributed by atoms with Crippen LogP contribution in [0.5, 0.6) is 0 Å². The Kier molecular flexibility index (Phi) is 7.78. The highest BCUT2D eigenvalue weighted by molar-refractivity contribution is 5.88. The summed E-state index contributed by atoms with van der Waals surface area (Å²) in [5, 5.41) is 18.0. The Labute approximate surface area is 131 Å². The lowest BCUT2D eigenvalue weighted by Crippen LogP contribution is -2.24. The second-order valence-corrected chi connectivity index (χ2v) is 4.30. The molecule has 1 atom stereocenters. The van der Waals surface area contributed by atoms with E-state index < -0.39 is 25.1 Å². The van der Waals surface area contributed by atoms with E-state index in [1.165, 1.54) is 30.5 Å². The van der Waals surface area contributed by atoms with Crippen molar-refractivity contribution in [3.8, 4) is 0 Å². The van der Waals surface area contributed by atoms with Gasteiger partial charge >= 0.3 is 12.6 Å². The molecular formula is C14H17F2N3O4. The first-order valence-corrected chi connectivity index (χ1v) is 6.72. The first-order valence-electron chi connectivity index (χ1n) is 6.72. The number of hydrogen-bond donors (Lipinski definition) is 3. The molecular weight excluding hydrogens is 312 g/mol. The maximum atomic E-state index is 12.0. The molecule has 23 heavy (non-hydrogen) atoms. The summed E-state index contributed by atoms with van der Waals surface area (Å²) < 4.78 is 24.1. The van der Waals surface area contributed by atoms with Gasteiger partial charge in [0, 0.05) is 6.21 Å². The number of carboxylic acid groups (broad SMARTS) is 1. The summed E-state index contributed by atoms with van der Waals surface area (Å²) in [6.45, 7) is -1.75. The number of carboxylic acids is 1. The standard InChI is InChI=1S/C14H17F2N3O4/c1-2-7-17-14(19-23-13(15)16)18-10-5-3-9(4-6-10)11(8-20)12(21)22/h3-7,11,13,20H,2,8H2,1H3,(H,18,19)(H,21,22)/t11-/m1/s1. The van der Waals surface area contributed by atoms with Crippen molar-refractivity contribution in [1.29, 1.82) is 0 Å². The van der Waals surface area contributed by atoms with Gasteiger partial charge in [-0.25, -0.2) is 20.3 Å². The lowest BCUT2D eigenvalue weighted by molar-refractivity contribution is -0.155. The molecule has 3 N–H and O–H groups in total. The summed E-state index contributed by atoms with van der Waals surface area (Å²) in [5.74, 6) is -2.35. The van der Waals surface area contributed by atoms with Gasteiger partial charge < -0.3 is 10.2 Å². The van der Waals surface area contributed by atoms with Gasteiger partial charge in [0.2, 0.25) is 5.96 Å². The second-order valence-electron chi connectivity index (χ2n) is 4.30. The van der Waals surface area contributed by atoms with Gasteiger partial charge in [-0.15, -0.1) is 0 Å². The SMILES string of the molecule is CCC=NC(=Nc1ccc([C@@H](CO)C(=O)O)cc1)NOC(F)F. The average Bonchev–Trinajstić information content (AvgIpc) is 2.51. The Balaban J connectivity index is 2.93. The molecule has 0 aliphatic heterocycles. The van der Waals surface area contributed by atoms with Gasteiger partial charge in [0.25, 0.3) is 0 Å². The third-order valence-corrected chi connectivity index (χ3v) is 2.65. The summed E-state index contributed by atoms with van der Waals surface area (Å²) in [4.78, 5) is 22.7. The Hall–Kier alpha value is -2.39. The summed E-state index contributed by atoms with van der Waals surface area (Å²) in [7, 11) is 0. The van der Waals surface area contributed by atoms with E-state index in [-0.39, 0.29) is 5.96 Å². The molecule has 0 radical (unpaired) electrons. The van der Waals surface area contributed by atoms with Crippen molar-refractivity contribution >= 4 is 23.8 Å². The zero-order valence-corrected chi connectivity index (χ0v) is 12.3.